The minimum atomic E-state index is -2.56. The summed E-state index contributed by atoms with van der Waals surface area (Å²) in [5, 5.41) is 0. The molecule has 0 radical (unpaired) electrons. The van der Waals surface area contributed by atoms with Crippen molar-refractivity contribution in [3.8, 4) is 0 Å². The number of hydrogen-bond acceptors (Lipinski definition) is 1. The highest BCUT2D eigenvalue weighted by molar-refractivity contribution is 4.91. The summed E-state index contributed by atoms with van der Waals surface area (Å²) >= 11 is 0. The molecular formula is C14H27F2N. The largest absolute Gasteiger partial charge is 0.297 e. The molecule has 1 saturated heterocycles. The number of piperidine rings is 1. The molecular weight excluding hydrogens is 220 g/mol. The highest BCUT2D eigenvalue weighted by Gasteiger charge is 2.40. The van der Waals surface area contributed by atoms with Gasteiger partial charge in [-0.25, -0.2) is 8.78 Å². The van der Waals surface area contributed by atoms with Gasteiger partial charge in [-0.1, -0.05) is 27.7 Å². The van der Waals surface area contributed by atoms with Crippen molar-refractivity contribution in [1.82, 2.24) is 4.90 Å². The number of hydrogen-bond donors (Lipinski definition) is 0. The second-order valence-electron chi connectivity index (χ2n) is 6.39. The van der Waals surface area contributed by atoms with E-state index in [0.717, 1.165) is 32.9 Å². The van der Waals surface area contributed by atoms with Crippen LogP contribution in [0.15, 0.2) is 0 Å². The van der Waals surface area contributed by atoms with E-state index in [-0.39, 0.29) is 6.54 Å². The highest BCUT2D eigenvalue weighted by Crippen LogP contribution is 2.45. The lowest BCUT2D eigenvalue weighted by Gasteiger charge is -2.48. The van der Waals surface area contributed by atoms with Gasteiger partial charge in [-0.2, -0.15) is 0 Å². The first-order valence-electron chi connectivity index (χ1n) is 6.77. The van der Waals surface area contributed by atoms with Gasteiger partial charge in [-0.05, 0) is 43.2 Å². The molecule has 1 aliphatic rings. The molecule has 0 bridgehead atoms. The number of rotatable bonds is 4. The standard InChI is InChI=1S/C14H27F2N/c1-11(2)14(12(3)4)6-8-17(9-7-14)10-13(5,15)16/h11-12H,6-10H2,1-5H3. The topological polar surface area (TPSA) is 3.24 Å². The van der Waals surface area contributed by atoms with Crippen LogP contribution in [0.3, 0.4) is 0 Å². The van der Waals surface area contributed by atoms with Crippen molar-refractivity contribution in [3.05, 3.63) is 0 Å². The quantitative estimate of drug-likeness (QED) is 0.725. The fourth-order valence-corrected chi connectivity index (χ4v) is 3.34. The molecule has 0 saturated carbocycles. The van der Waals surface area contributed by atoms with Gasteiger partial charge in [0.15, 0.2) is 0 Å². The molecule has 0 aromatic rings. The van der Waals surface area contributed by atoms with E-state index >= 15 is 0 Å². The van der Waals surface area contributed by atoms with E-state index in [1.165, 1.54) is 0 Å². The van der Waals surface area contributed by atoms with E-state index in [9.17, 15) is 8.78 Å². The Balaban J connectivity index is 2.59. The van der Waals surface area contributed by atoms with E-state index in [0.29, 0.717) is 17.3 Å². The summed E-state index contributed by atoms with van der Waals surface area (Å²) in [6.45, 7) is 11.6. The zero-order valence-corrected chi connectivity index (χ0v) is 11.9. The van der Waals surface area contributed by atoms with Gasteiger partial charge < -0.3 is 0 Å². The van der Waals surface area contributed by atoms with Gasteiger partial charge in [0, 0.05) is 6.92 Å². The maximum atomic E-state index is 13.0. The minimum Gasteiger partial charge on any atom is -0.297 e. The van der Waals surface area contributed by atoms with E-state index in [4.69, 9.17) is 0 Å². The summed E-state index contributed by atoms with van der Waals surface area (Å²) < 4.78 is 25.9. The van der Waals surface area contributed by atoms with Gasteiger partial charge in [0.1, 0.15) is 0 Å². The monoisotopic (exact) mass is 247 g/mol. The highest BCUT2D eigenvalue weighted by atomic mass is 19.3. The van der Waals surface area contributed by atoms with Crippen molar-refractivity contribution >= 4 is 0 Å². The van der Waals surface area contributed by atoms with Crippen LogP contribution in [0.5, 0.6) is 0 Å². The predicted molar refractivity (Wildman–Crippen MR) is 68.4 cm³/mol. The van der Waals surface area contributed by atoms with E-state index in [1.54, 1.807) is 0 Å². The lowest BCUT2D eigenvalue weighted by Crippen LogP contribution is -2.48. The van der Waals surface area contributed by atoms with Gasteiger partial charge in [0.2, 0.25) is 0 Å². The third-order valence-electron chi connectivity index (χ3n) is 4.59. The maximum absolute atomic E-state index is 13.0. The number of likely N-dealkylation sites (tertiary alicyclic amines) is 1. The van der Waals surface area contributed by atoms with Gasteiger partial charge in [-0.15, -0.1) is 0 Å². The Kier molecular flexibility index (Phi) is 4.56. The predicted octanol–water partition coefficient (Wildman–Crippen LogP) is 4.04. The van der Waals surface area contributed by atoms with Crippen LogP contribution < -0.4 is 0 Å². The van der Waals surface area contributed by atoms with Crippen molar-refractivity contribution < 1.29 is 8.78 Å². The molecule has 0 N–H and O–H groups in total. The molecule has 0 aromatic carbocycles. The molecule has 1 rings (SSSR count). The molecule has 1 heterocycles. The molecule has 0 atom stereocenters. The third-order valence-corrected chi connectivity index (χ3v) is 4.59. The molecule has 1 nitrogen and oxygen atoms in total. The number of halogens is 2. The summed E-state index contributed by atoms with van der Waals surface area (Å²) in [6.07, 6.45) is 2.11. The normalized spacial score (nSPS) is 22.4. The maximum Gasteiger partial charge on any atom is 0.257 e. The third kappa shape index (κ3) is 3.64. The molecule has 0 amide bonds. The molecule has 3 heteroatoms. The first-order chi connectivity index (χ1) is 7.67. The number of alkyl halides is 2. The average Bonchev–Trinajstić information content (AvgIpc) is 2.15. The van der Waals surface area contributed by atoms with Gasteiger partial charge in [0.25, 0.3) is 5.92 Å². The lowest BCUT2D eigenvalue weighted by molar-refractivity contribution is -0.0460. The van der Waals surface area contributed by atoms with Crippen molar-refractivity contribution in [2.45, 2.75) is 53.4 Å². The average molecular weight is 247 g/mol. The Morgan fingerprint density at radius 2 is 1.47 bits per heavy atom. The molecule has 102 valence electrons. The summed E-state index contributed by atoms with van der Waals surface area (Å²) in [4.78, 5) is 1.92. The Labute approximate surface area is 105 Å². The van der Waals surface area contributed by atoms with Crippen LogP contribution in [0.4, 0.5) is 8.78 Å². The van der Waals surface area contributed by atoms with Crippen LogP contribution in [0.1, 0.15) is 47.5 Å². The van der Waals surface area contributed by atoms with Crippen LogP contribution in [0.2, 0.25) is 0 Å². The van der Waals surface area contributed by atoms with Crippen LogP contribution >= 0.6 is 0 Å². The van der Waals surface area contributed by atoms with Crippen LogP contribution in [-0.4, -0.2) is 30.5 Å². The molecule has 17 heavy (non-hydrogen) atoms. The molecule has 0 unspecified atom stereocenters. The van der Waals surface area contributed by atoms with Crippen molar-refractivity contribution in [3.63, 3.8) is 0 Å². The second kappa shape index (κ2) is 5.21. The molecule has 0 aliphatic carbocycles. The first-order valence-corrected chi connectivity index (χ1v) is 6.77. The zero-order valence-electron chi connectivity index (χ0n) is 11.9. The fraction of sp³-hybridized carbons (Fsp3) is 1.00. The van der Waals surface area contributed by atoms with Crippen molar-refractivity contribution in [1.29, 1.82) is 0 Å². The van der Waals surface area contributed by atoms with Gasteiger partial charge in [0.05, 0.1) is 6.54 Å². The van der Waals surface area contributed by atoms with Crippen LogP contribution in [0, 0.1) is 17.3 Å². The van der Waals surface area contributed by atoms with E-state index in [1.807, 2.05) is 4.90 Å². The van der Waals surface area contributed by atoms with Crippen LogP contribution in [-0.2, 0) is 0 Å². The second-order valence-corrected chi connectivity index (χ2v) is 6.39. The van der Waals surface area contributed by atoms with Gasteiger partial charge in [-0.3, -0.25) is 4.90 Å². The lowest BCUT2D eigenvalue weighted by atomic mass is 9.63. The minimum absolute atomic E-state index is 0.0841. The van der Waals surface area contributed by atoms with Crippen molar-refractivity contribution in [2.75, 3.05) is 19.6 Å². The summed E-state index contributed by atoms with van der Waals surface area (Å²) in [5.74, 6) is -1.30. The Morgan fingerprint density at radius 1 is 1.06 bits per heavy atom. The number of nitrogens with zero attached hydrogens (tertiary/aromatic N) is 1. The van der Waals surface area contributed by atoms with Crippen LogP contribution in [0.25, 0.3) is 0 Å². The fourth-order valence-electron chi connectivity index (χ4n) is 3.34. The molecule has 0 spiro atoms. The van der Waals surface area contributed by atoms with E-state index in [2.05, 4.69) is 27.7 Å². The Bertz CT molecular complexity index is 225. The zero-order chi connectivity index (χ0) is 13.3. The van der Waals surface area contributed by atoms with E-state index < -0.39 is 5.92 Å². The van der Waals surface area contributed by atoms with Crippen molar-refractivity contribution in [2.24, 2.45) is 17.3 Å². The summed E-state index contributed by atoms with van der Waals surface area (Å²) in [7, 11) is 0. The SMILES string of the molecule is CC(C)C1(C(C)C)CCN(CC(C)(F)F)CC1. The smallest absolute Gasteiger partial charge is 0.257 e. The summed E-state index contributed by atoms with van der Waals surface area (Å²) in [5.41, 5.74) is 0.347. The molecule has 1 aliphatic heterocycles. The van der Waals surface area contributed by atoms with Gasteiger partial charge >= 0.3 is 0 Å². The molecule has 0 aromatic heterocycles. The Morgan fingerprint density at radius 3 is 1.76 bits per heavy atom. The summed E-state index contributed by atoms with van der Waals surface area (Å²) in [6, 6.07) is 0. The first kappa shape index (κ1) is 14.9. The molecule has 1 fully saturated rings. The Hall–Kier alpha value is -0.180.